The summed E-state index contributed by atoms with van der Waals surface area (Å²) < 4.78 is 0. The highest BCUT2D eigenvalue weighted by Gasteiger charge is 2.13. The Bertz CT molecular complexity index is 546. The summed E-state index contributed by atoms with van der Waals surface area (Å²) >= 11 is 0. The van der Waals surface area contributed by atoms with Crippen LogP contribution >= 0.6 is 0 Å². The van der Waals surface area contributed by atoms with Crippen LogP contribution in [0.4, 0.5) is 0 Å². The van der Waals surface area contributed by atoms with Gasteiger partial charge in [0.1, 0.15) is 0 Å². The van der Waals surface area contributed by atoms with E-state index >= 15 is 0 Å². The molecule has 1 heterocycles. The van der Waals surface area contributed by atoms with Gasteiger partial charge in [-0.05, 0) is 48.6 Å². The molecule has 1 aromatic carbocycles. The van der Waals surface area contributed by atoms with E-state index in [-0.39, 0.29) is 6.04 Å². The molecule has 0 spiro atoms. The average Bonchev–Trinajstić information content (AvgIpc) is 2.50. The predicted molar refractivity (Wildman–Crippen MR) is 89.5 cm³/mol. The first-order valence-corrected chi connectivity index (χ1v) is 7.98. The van der Waals surface area contributed by atoms with Crippen LogP contribution in [-0.2, 0) is 6.42 Å². The van der Waals surface area contributed by atoms with E-state index in [2.05, 4.69) is 61.4 Å². The highest BCUT2D eigenvalue weighted by molar-refractivity contribution is 5.33. The molecule has 1 N–H and O–H groups in total. The lowest BCUT2D eigenvalue weighted by molar-refractivity contribution is 0.596. The highest BCUT2D eigenvalue weighted by atomic mass is 14.9. The lowest BCUT2D eigenvalue weighted by Crippen LogP contribution is -2.23. The Balaban J connectivity index is 2.26. The van der Waals surface area contributed by atoms with Gasteiger partial charge in [-0.25, -0.2) is 0 Å². The Kier molecular flexibility index (Phi) is 5.94. The van der Waals surface area contributed by atoms with E-state index in [9.17, 15) is 0 Å². The SMILES string of the molecule is CCCNC(c1ccc(CCC)cc1)c1cncc(C)c1. The molecule has 2 aromatic rings. The molecule has 0 fully saturated rings. The number of nitrogens with zero attached hydrogens (tertiary/aromatic N) is 1. The first kappa shape index (κ1) is 15.7. The van der Waals surface area contributed by atoms with Crippen LogP contribution in [-0.4, -0.2) is 11.5 Å². The fourth-order valence-electron chi connectivity index (χ4n) is 2.62. The van der Waals surface area contributed by atoms with Crippen LogP contribution in [0.25, 0.3) is 0 Å². The van der Waals surface area contributed by atoms with Gasteiger partial charge in [-0.2, -0.15) is 0 Å². The molecule has 112 valence electrons. The fourth-order valence-corrected chi connectivity index (χ4v) is 2.62. The Hall–Kier alpha value is -1.67. The van der Waals surface area contributed by atoms with Crippen molar-refractivity contribution in [2.75, 3.05) is 6.54 Å². The van der Waals surface area contributed by atoms with Gasteiger partial charge in [0.15, 0.2) is 0 Å². The molecule has 0 saturated carbocycles. The maximum absolute atomic E-state index is 4.35. The first-order valence-electron chi connectivity index (χ1n) is 7.98. The van der Waals surface area contributed by atoms with Crippen LogP contribution in [0.1, 0.15) is 55.0 Å². The van der Waals surface area contributed by atoms with Crippen molar-refractivity contribution in [3.05, 3.63) is 65.0 Å². The average molecular weight is 282 g/mol. The van der Waals surface area contributed by atoms with Crippen molar-refractivity contribution in [3.63, 3.8) is 0 Å². The summed E-state index contributed by atoms with van der Waals surface area (Å²) in [5.41, 5.74) is 5.18. The minimum absolute atomic E-state index is 0.230. The Morgan fingerprint density at radius 2 is 1.76 bits per heavy atom. The lowest BCUT2D eigenvalue weighted by atomic mass is 9.97. The third kappa shape index (κ3) is 4.40. The summed E-state index contributed by atoms with van der Waals surface area (Å²) in [5, 5.41) is 3.64. The maximum atomic E-state index is 4.35. The minimum Gasteiger partial charge on any atom is -0.306 e. The molecule has 0 aliphatic heterocycles. The van der Waals surface area contributed by atoms with E-state index in [1.54, 1.807) is 0 Å². The molecule has 1 aromatic heterocycles. The number of hydrogen-bond acceptors (Lipinski definition) is 2. The zero-order valence-corrected chi connectivity index (χ0v) is 13.4. The molecule has 2 heteroatoms. The van der Waals surface area contributed by atoms with Gasteiger partial charge in [-0.15, -0.1) is 0 Å². The molecule has 0 amide bonds. The van der Waals surface area contributed by atoms with Crippen LogP contribution in [0.15, 0.2) is 42.7 Å². The van der Waals surface area contributed by atoms with Crippen molar-refractivity contribution >= 4 is 0 Å². The maximum Gasteiger partial charge on any atom is 0.0592 e. The molecule has 21 heavy (non-hydrogen) atoms. The lowest BCUT2D eigenvalue weighted by Gasteiger charge is -2.20. The van der Waals surface area contributed by atoms with Crippen LogP contribution < -0.4 is 5.32 Å². The van der Waals surface area contributed by atoms with Crippen molar-refractivity contribution in [3.8, 4) is 0 Å². The van der Waals surface area contributed by atoms with Gasteiger partial charge < -0.3 is 5.32 Å². The molecule has 0 bridgehead atoms. The second-order valence-corrected chi connectivity index (χ2v) is 5.67. The third-order valence-electron chi connectivity index (χ3n) is 3.68. The Morgan fingerprint density at radius 3 is 2.38 bits per heavy atom. The van der Waals surface area contributed by atoms with Gasteiger partial charge in [-0.3, -0.25) is 4.98 Å². The van der Waals surface area contributed by atoms with Crippen LogP contribution in [0.5, 0.6) is 0 Å². The normalized spacial score (nSPS) is 12.3. The first-order chi connectivity index (χ1) is 10.2. The van der Waals surface area contributed by atoms with Crippen molar-refractivity contribution in [1.29, 1.82) is 0 Å². The van der Waals surface area contributed by atoms with Gasteiger partial charge in [0.2, 0.25) is 0 Å². The van der Waals surface area contributed by atoms with E-state index in [1.165, 1.54) is 28.7 Å². The molecule has 2 rings (SSSR count). The number of aromatic nitrogens is 1. The van der Waals surface area contributed by atoms with Gasteiger partial charge in [-0.1, -0.05) is 50.6 Å². The molecule has 1 atom stereocenters. The second kappa shape index (κ2) is 7.94. The summed E-state index contributed by atoms with van der Waals surface area (Å²) in [6, 6.07) is 11.5. The zero-order valence-electron chi connectivity index (χ0n) is 13.4. The molecule has 0 radical (unpaired) electrons. The predicted octanol–water partition coefficient (Wildman–Crippen LogP) is 4.43. The molecule has 2 nitrogen and oxygen atoms in total. The number of benzene rings is 1. The summed E-state index contributed by atoms with van der Waals surface area (Å²) in [6.07, 6.45) is 7.35. The topological polar surface area (TPSA) is 24.9 Å². The number of hydrogen-bond donors (Lipinski definition) is 1. The summed E-state index contributed by atoms with van der Waals surface area (Å²) in [5.74, 6) is 0. The highest BCUT2D eigenvalue weighted by Crippen LogP contribution is 2.23. The summed E-state index contributed by atoms with van der Waals surface area (Å²) in [6.45, 7) is 7.52. The smallest absolute Gasteiger partial charge is 0.0592 e. The molecular weight excluding hydrogens is 256 g/mol. The van der Waals surface area contributed by atoms with Gasteiger partial charge in [0.05, 0.1) is 6.04 Å². The van der Waals surface area contributed by atoms with Gasteiger partial charge in [0.25, 0.3) is 0 Å². The van der Waals surface area contributed by atoms with E-state index in [0.29, 0.717) is 0 Å². The van der Waals surface area contributed by atoms with E-state index in [1.807, 2.05) is 12.4 Å². The van der Waals surface area contributed by atoms with E-state index < -0.39 is 0 Å². The quantitative estimate of drug-likeness (QED) is 0.812. The Morgan fingerprint density at radius 1 is 1.00 bits per heavy atom. The standard InChI is InChI=1S/C19H26N2/c1-4-6-16-7-9-17(10-8-16)19(21-11-5-2)18-12-15(3)13-20-14-18/h7-10,12-14,19,21H,4-6,11H2,1-3H3. The van der Waals surface area contributed by atoms with Crippen LogP contribution in [0.3, 0.4) is 0 Å². The second-order valence-electron chi connectivity index (χ2n) is 5.67. The van der Waals surface area contributed by atoms with Crippen LogP contribution in [0, 0.1) is 6.92 Å². The van der Waals surface area contributed by atoms with Crippen LogP contribution in [0.2, 0.25) is 0 Å². The zero-order chi connectivity index (χ0) is 15.1. The van der Waals surface area contributed by atoms with Crippen molar-refractivity contribution < 1.29 is 0 Å². The number of pyridine rings is 1. The molecule has 0 aliphatic rings. The largest absolute Gasteiger partial charge is 0.306 e. The minimum atomic E-state index is 0.230. The fraction of sp³-hybridized carbons (Fsp3) is 0.421. The number of rotatable bonds is 7. The molecular formula is C19H26N2. The number of aryl methyl sites for hydroxylation is 2. The summed E-state index contributed by atoms with van der Waals surface area (Å²) in [4.78, 5) is 4.35. The van der Waals surface area contributed by atoms with Crippen molar-refractivity contribution in [2.24, 2.45) is 0 Å². The Labute approximate surface area is 128 Å². The van der Waals surface area contributed by atoms with Crippen molar-refractivity contribution in [1.82, 2.24) is 10.3 Å². The monoisotopic (exact) mass is 282 g/mol. The van der Waals surface area contributed by atoms with Gasteiger partial charge in [0, 0.05) is 12.4 Å². The van der Waals surface area contributed by atoms with E-state index in [4.69, 9.17) is 0 Å². The number of nitrogens with one attached hydrogen (secondary N) is 1. The molecule has 1 unspecified atom stereocenters. The van der Waals surface area contributed by atoms with Crippen molar-refractivity contribution in [2.45, 2.75) is 46.1 Å². The van der Waals surface area contributed by atoms with Gasteiger partial charge >= 0.3 is 0 Å². The molecule has 0 saturated heterocycles. The van der Waals surface area contributed by atoms with E-state index in [0.717, 1.165) is 19.4 Å². The molecule has 0 aliphatic carbocycles. The summed E-state index contributed by atoms with van der Waals surface area (Å²) in [7, 11) is 0. The third-order valence-corrected chi connectivity index (χ3v) is 3.68.